The van der Waals surface area contributed by atoms with Crippen molar-refractivity contribution in [3.8, 4) is 11.5 Å². The van der Waals surface area contributed by atoms with E-state index < -0.39 is 0 Å². The van der Waals surface area contributed by atoms with E-state index in [0.717, 1.165) is 29.9 Å². The lowest BCUT2D eigenvalue weighted by molar-refractivity contribution is 0.343. The van der Waals surface area contributed by atoms with Crippen molar-refractivity contribution in [2.45, 2.75) is 32.7 Å². The molecule has 3 N–H and O–H groups in total. The zero-order chi connectivity index (χ0) is 13.5. The molecule has 102 valence electrons. The molecule has 0 heterocycles. The van der Waals surface area contributed by atoms with Crippen molar-refractivity contribution >= 4 is 0 Å². The molecule has 0 aliphatic carbocycles. The number of hydrogen-bond donors (Lipinski definition) is 2. The van der Waals surface area contributed by atoms with Gasteiger partial charge in [0.25, 0.3) is 0 Å². The van der Waals surface area contributed by atoms with Crippen LogP contribution in [0.15, 0.2) is 18.2 Å². The number of benzene rings is 1. The first-order valence-corrected chi connectivity index (χ1v) is 6.31. The van der Waals surface area contributed by atoms with Crippen LogP contribution in [0.4, 0.5) is 0 Å². The van der Waals surface area contributed by atoms with E-state index in [0.29, 0.717) is 5.92 Å². The zero-order valence-corrected chi connectivity index (χ0v) is 11.7. The van der Waals surface area contributed by atoms with Crippen LogP contribution in [0.5, 0.6) is 11.5 Å². The largest absolute Gasteiger partial charge is 0.493 e. The fraction of sp³-hybridized carbons (Fsp3) is 0.571. The fourth-order valence-corrected chi connectivity index (χ4v) is 2.02. The quantitative estimate of drug-likeness (QED) is 0.578. The molecule has 0 fully saturated rings. The Labute approximate surface area is 109 Å². The minimum absolute atomic E-state index is 0.0810. The number of nitrogens with one attached hydrogen (secondary N) is 1. The second kappa shape index (κ2) is 7.24. The molecule has 0 aliphatic heterocycles. The second-order valence-electron chi connectivity index (χ2n) is 4.77. The van der Waals surface area contributed by atoms with Crippen LogP contribution in [0.1, 0.15) is 38.3 Å². The lowest BCUT2D eigenvalue weighted by Crippen LogP contribution is -2.28. The molecule has 1 unspecified atom stereocenters. The van der Waals surface area contributed by atoms with Crippen LogP contribution in [-0.4, -0.2) is 14.2 Å². The van der Waals surface area contributed by atoms with Gasteiger partial charge in [-0.15, -0.1) is 0 Å². The predicted octanol–water partition coefficient (Wildman–Crippen LogP) is 2.64. The van der Waals surface area contributed by atoms with Gasteiger partial charge < -0.3 is 9.47 Å². The zero-order valence-electron chi connectivity index (χ0n) is 11.7. The smallest absolute Gasteiger partial charge is 0.165 e. The number of hydrogen-bond acceptors (Lipinski definition) is 4. The van der Waals surface area contributed by atoms with Crippen LogP contribution in [0.25, 0.3) is 0 Å². The minimum Gasteiger partial charge on any atom is -0.493 e. The summed E-state index contributed by atoms with van der Waals surface area (Å²) in [6, 6.07) is 5.94. The van der Waals surface area contributed by atoms with Crippen LogP contribution in [0, 0.1) is 5.92 Å². The van der Waals surface area contributed by atoms with Gasteiger partial charge in [-0.3, -0.25) is 11.3 Å². The SMILES string of the molecule is COc1cccc(C(CCC(C)C)NN)c1OC. The van der Waals surface area contributed by atoms with Crippen molar-refractivity contribution in [3.63, 3.8) is 0 Å². The lowest BCUT2D eigenvalue weighted by Gasteiger charge is -2.21. The molecule has 0 bridgehead atoms. The fourth-order valence-electron chi connectivity index (χ4n) is 2.02. The Morgan fingerprint density at radius 1 is 1.17 bits per heavy atom. The third-order valence-electron chi connectivity index (χ3n) is 3.04. The molecule has 1 rings (SSSR count). The molecular weight excluding hydrogens is 228 g/mol. The van der Waals surface area contributed by atoms with Gasteiger partial charge in [0.05, 0.1) is 14.2 Å². The summed E-state index contributed by atoms with van der Waals surface area (Å²) in [5.74, 6) is 7.80. The highest BCUT2D eigenvalue weighted by molar-refractivity contribution is 5.48. The normalized spacial score (nSPS) is 12.6. The third-order valence-corrected chi connectivity index (χ3v) is 3.04. The molecule has 0 spiro atoms. The molecule has 0 aromatic heterocycles. The first-order valence-electron chi connectivity index (χ1n) is 6.31. The summed E-state index contributed by atoms with van der Waals surface area (Å²) in [5, 5.41) is 0. The number of rotatable bonds is 7. The summed E-state index contributed by atoms with van der Waals surface area (Å²) in [4.78, 5) is 0. The van der Waals surface area contributed by atoms with Crippen molar-refractivity contribution in [1.82, 2.24) is 5.43 Å². The summed E-state index contributed by atoms with van der Waals surface area (Å²) in [5.41, 5.74) is 3.91. The van der Waals surface area contributed by atoms with E-state index in [1.54, 1.807) is 14.2 Å². The molecular formula is C14H24N2O2. The maximum absolute atomic E-state index is 5.66. The van der Waals surface area contributed by atoms with E-state index >= 15 is 0 Å². The molecule has 0 aliphatic rings. The van der Waals surface area contributed by atoms with Gasteiger partial charge in [-0.1, -0.05) is 26.0 Å². The van der Waals surface area contributed by atoms with E-state index in [-0.39, 0.29) is 6.04 Å². The summed E-state index contributed by atoms with van der Waals surface area (Å²) in [6.45, 7) is 4.41. The Kier molecular flexibility index (Phi) is 5.95. The Bertz CT molecular complexity index is 367. The van der Waals surface area contributed by atoms with E-state index in [2.05, 4.69) is 19.3 Å². The van der Waals surface area contributed by atoms with Crippen LogP contribution in [-0.2, 0) is 0 Å². The van der Waals surface area contributed by atoms with Gasteiger partial charge in [-0.2, -0.15) is 0 Å². The van der Waals surface area contributed by atoms with Crippen LogP contribution >= 0.6 is 0 Å². The number of methoxy groups -OCH3 is 2. The Morgan fingerprint density at radius 2 is 1.89 bits per heavy atom. The van der Waals surface area contributed by atoms with Crippen LogP contribution in [0.3, 0.4) is 0 Å². The van der Waals surface area contributed by atoms with E-state index in [1.807, 2.05) is 18.2 Å². The van der Waals surface area contributed by atoms with Crippen molar-refractivity contribution in [2.24, 2.45) is 11.8 Å². The maximum Gasteiger partial charge on any atom is 0.165 e. The van der Waals surface area contributed by atoms with Crippen molar-refractivity contribution < 1.29 is 9.47 Å². The average molecular weight is 252 g/mol. The lowest BCUT2D eigenvalue weighted by atomic mass is 9.97. The highest BCUT2D eigenvalue weighted by Gasteiger charge is 2.18. The summed E-state index contributed by atoms with van der Waals surface area (Å²) in [6.07, 6.45) is 2.08. The first kappa shape index (κ1) is 14.8. The third kappa shape index (κ3) is 3.62. The highest BCUT2D eigenvalue weighted by atomic mass is 16.5. The molecule has 0 amide bonds. The number of hydrazine groups is 1. The van der Waals surface area contributed by atoms with Gasteiger partial charge in [0, 0.05) is 11.6 Å². The number of ether oxygens (including phenoxy) is 2. The van der Waals surface area contributed by atoms with E-state index in [1.165, 1.54) is 0 Å². The van der Waals surface area contributed by atoms with Gasteiger partial charge in [-0.25, -0.2) is 0 Å². The van der Waals surface area contributed by atoms with Crippen molar-refractivity contribution in [3.05, 3.63) is 23.8 Å². The highest BCUT2D eigenvalue weighted by Crippen LogP contribution is 2.36. The van der Waals surface area contributed by atoms with Gasteiger partial charge in [0.15, 0.2) is 11.5 Å². The first-order chi connectivity index (χ1) is 8.63. The Balaban J connectivity index is 2.97. The molecule has 4 nitrogen and oxygen atoms in total. The summed E-state index contributed by atoms with van der Waals surface area (Å²) in [7, 11) is 3.29. The molecule has 0 saturated heterocycles. The van der Waals surface area contributed by atoms with Gasteiger partial charge in [0.2, 0.25) is 0 Å². The average Bonchev–Trinajstić information content (AvgIpc) is 2.38. The van der Waals surface area contributed by atoms with E-state index in [9.17, 15) is 0 Å². The second-order valence-corrected chi connectivity index (χ2v) is 4.77. The van der Waals surface area contributed by atoms with Crippen LogP contribution < -0.4 is 20.7 Å². The number of nitrogens with two attached hydrogens (primary N) is 1. The molecule has 0 radical (unpaired) electrons. The van der Waals surface area contributed by atoms with Crippen molar-refractivity contribution in [1.29, 1.82) is 0 Å². The molecule has 1 aromatic rings. The number of para-hydroxylation sites is 1. The van der Waals surface area contributed by atoms with Gasteiger partial charge in [0.1, 0.15) is 0 Å². The topological polar surface area (TPSA) is 56.5 Å². The van der Waals surface area contributed by atoms with E-state index in [4.69, 9.17) is 15.3 Å². The molecule has 1 aromatic carbocycles. The Morgan fingerprint density at radius 3 is 2.39 bits per heavy atom. The van der Waals surface area contributed by atoms with Crippen LogP contribution in [0.2, 0.25) is 0 Å². The summed E-state index contributed by atoms with van der Waals surface area (Å²) < 4.78 is 10.7. The Hall–Kier alpha value is -1.26. The van der Waals surface area contributed by atoms with Crippen molar-refractivity contribution in [2.75, 3.05) is 14.2 Å². The minimum atomic E-state index is 0.0810. The van der Waals surface area contributed by atoms with Gasteiger partial charge in [-0.05, 0) is 24.8 Å². The molecule has 18 heavy (non-hydrogen) atoms. The monoisotopic (exact) mass is 252 g/mol. The molecule has 0 saturated carbocycles. The predicted molar refractivity (Wildman–Crippen MR) is 73.7 cm³/mol. The standard InChI is InChI=1S/C14H24N2O2/c1-10(2)8-9-12(16-15)11-6-5-7-13(17-3)14(11)18-4/h5-7,10,12,16H,8-9,15H2,1-4H3. The molecule has 1 atom stereocenters. The maximum atomic E-state index is 5.66. The molecule has 4 heteroatoms. The van der Waals surface area contributed by atoms with Gasteiger partial charge >= 0.3 is 0 Å². The summed E-state index contributed by atoms with van der Waals surface area (Å²) >= 11 is 0.